The molecule has 1 heterocycles. The molecule has 1 aromatic rings. The lowest BCUT2D eigenvalue weighted by molar-refractivity contribution is 0.678. The maximum absolute atomic E-state index is 11.2. The first kappa shape index (κ1) is 14.1. The number of anilines is 2. The number of nitrogens with zero attached hydrogens (tertiary/aromatic N) is 4. The summed E-state index contributed by atoms with van der Waals surface area (Å²) in [6.45, 7) is 2.41. The predicted molar refractivity (Wildman–Crippen MR) is 71.2 cm³/mol. The highest BCUT2D eigenvalue weighted by Gasteiger charge is 2.09. The van der Waals surface area contributed by atoms with Gasteiger partial charge in [-0.15, -0.1) is 0 Å². The normalized spacial score (nSPS) is 14.2. The number of hydrogen-bond donors (Lipinski definition) is 1. The van der Waals surface area contributed by atoms with Crippen LogP contribution in [0.4, 0.5) is 11.9 Å². The standard InChI is InChI=1S/C9H16ClN5OS/c1-6(17(4)16)5-11-8-12-7(10)13-9(14-8)15(2)3/h6H,5H2,1-4H3,(H,11,12,13,14). The lowest BCUT2D eigenvalue weighted by Crippen LogP contribution is -2.22. The molecule has 6 nitrogen and oxygen atoms in total. The molecule has 0 saturated heterocycles. The summed E-state index contributed by atoms with van der Waals surface area (Å²) < 4.78 is 11.2. The third-order valence-corrected chi connectivity index (χ3v) is 3.58. The molecule has 0 amide bonds. The molecule has 96 valence electrons. The van der Waals surface area contributed by atoms with Crippen LogP contribution in [0.2, 0.25) is 5.28 Å². The van der Waals surface area contributed by atoms with Gasteiger partial charge < -0.3 is 10.2 Å². The Morgan fingerprint density at radius 2 is 2.06 bits per heavy atom. The molecule has 1 aromatic heterocycles. The molecular weight excluding hydrogens is 262 g/mol. The second-order valence-corrected chi connectivity index (χ2v) is 5.95. The van der Waals surface area contributed by atoms with E-state index in [0.29, 0.717) is 18.4 Å². The topological polar surface area (TPSA) is 71.0 Å². The van der Waals surface area contributed by atoms with Gasteiger partial charge in [-0.1, -0.05) is 0 Å². The van der Waals surface area contributed by atoms with Crippen LogP contribution in [0.5, 0.6) is 0 Å². The van der Waals surface area contributed by atoms with E-state index >= 15 is 0 Å². The molecule has 0 saturated carbocycles. The molecule has 2 atom stereocenters. The van der Waals surface area contributed by atoms with Crippen molar-refractivity contribution >= 4 is 34.3 Å². The minimum atomic E-state index is -0.881. The van der Waals surface area contributed by atoms with Gasteiger partial charge in [-0.3, -0.25) is 4.21 Å². The highest BCUT2D eigenvalue weighted by Crippen LogP contribution is 2.11. The molecule has 8 heteroatoms. The summed E-state index contributed by atoms with van der Waals surface area (Å²) in [6.07, 6.45) is 1.66. The van der Waals surface area contributed by atoms with Crippen LogP contribution in [0.15, 0.2) is 0 Å². The fourth-order valence-corrected chi connectivity index (χ4v) is 1.44. The Balaban J connectivity index is 2.74. The molecule has 0 aliphatic heterocycles. The van der Waals surface area contributed by atoms with Crippen LogP contribution >= 0.6 is 11.6 Å². The van der Waals surface area contributed by atoms with Crippen LogP contribution in [0.3, 0.4) is 0 Å². The molecule has 1 rings (SSSR count). The van der Waals surface area contributed by atoms with Gasteiger partial charge in [0.25, 0.3) is 0 Å². The summed E-state index contributed by atoms with van der Waals surface area (Å²) in [6, 6.07) is 0. The average Bonchev–Trinajstić information content (AvgIpc) is 2.24. The van der Waals surface area contributed by atoms with E-state index in [-0.39, 0.29) is 10.5 Å². The van der Waals surface area contributed by atoms with Gasteiger partial charge in [-0.05, 0) is 18.5 Å². The quantitative estimate of drug-likeness (QED) is 0.857. The van der Waals surface area contributed by atoms with Crippen molar-refractivity contribution in [2.75, 3.05) is 37.1 Å². The summed E-state index contributed by atoms with van der Waals surface area (Å²) in [5, 5.41) is 3.15. The van der Waals surface area contributed by atoms with E-state index in [0.717, 1.165) is 0 Å². The van der Waals surface area contributed by atoms with Crippen molar-refractivity contribution in [3.63, 3.8) is 0 Å². The zero-order chi connectivity index (χ0) is 13.0. The number of nitrogens with one attached hydrogen (secondary N) is 1. The van der Waals surface area contributed by atoms with Crippen molar-refractivity contribution in [3.05, 3.63) is 5.28 Å². The molecule has 1 N–H and O–H groups in total. The highest BCUT2D eigenvalue weighted by atomic mass is 35.5. The van der Waals surface area contributed by atoms with Crippen LogP contribution < -0.4 is 10.2 Å². The second kappa shape index (κ2) is 6.11. The highest BCUT2D eigenvalue weighted by molar-refractivity contribution is 7.84. The summed E-state index contributed by atoms with van der Waals surface area (Å²) >= 11 is 5.78. The summed E-state index contributed by atoms with van der Waals surface area (Å²) in [5.41, 5.74) is 0. The van der Waals surface area contributed by atoms with Gasteiger partial charge in [0.1, 0.15) is 0 Å². The van der Waals surface area contributed by atoms with E-state index in [1.54, 1.807) is 11.2 Å². The van der Waals surface area contributed by atoms with Crippen molar-refractivity contribution in [1.82, 2.24) is 15.0 Å². The summed E-state index contributed by atoms with van der Waals surface area (Å²) in [4.78, 5) is 13.8. The molecule has 0 aliphatic carbocycles. The Morgan fingerprint density at radius 3 is 2.59 bits per heavy atom. The van der Waals surface area contributed by atoms with E-state index in [1.807, 2.05) is 21.0 Å². The summed E-state index contributed by atoms with van der Waals surface area (Å²) in [7, 11) is 2.76. The minimum absolute atomic E-state index is 0.0216. The van der Waals surface area contributed by atoms with E-state index in [9.17, 15) is 4.21 Å². The first-order valence-electron chi connectivity index (χ1n) is 5.05. The average molecular weight is 278 g/mol. The Labute approximate surface area is 108 Å². The van der Waals surface area contributed by atoms with Gasteiger partial charge in [-0.25, -0.2) is 0 Å². The van der Waals surface area contributed by atoms with Crippen molar-refractivity contribution in [3.8, 4) is 0 Å². The molecule has 0 aliphatic rings. The zero-order valence-electron chi connectivity index (χ0n) is 10.3. The SMILES string of the molecule is CC(CNc1nc(Cl)nc(N(C)C)n1)S(C)=O. The van der Waals surface area contributed by atoms with Crippen LogP contribution in [0.25, 0.3) is 0 Å². The molecule has 17 heavy (non-hydrogen) atoms. The smallest absolute Gasteiger partial charge is 0.230 e. The number of halogens is 1. The van der Waals surface area contributed by atoms with Crippen molar-refractivity contribution in [2.24, 2.45) is 0 Å². The van der Waals surface area contributed by atoms with Gasteiger partial charge in [0.05, 0.1) is 0 Å². The monoisotopic (exact) mass is 277 g/mol. The molecular formula is C9H16ClN5OS. The van der Waals surface area contributed by atoms with Crippen molar-refractivity contribution in [1.29, 1.82) is 0 Å². The Bertz CT molecular complexity index is 414. The molecule has 0 radical (unpaired) electrons. The van der Waals surface area contributed by atoms with Gasteiger partial charge in [0.2, 0.25) is 17.2 Å². The Morgan fingerprint density at radius 1 is 1.41 bits per heavy atom. The summed E-state index contributed by atoms with van der Waals surface area (Å²) in [5.74, 6) is 0.878. The number of rotatable bonds is 5. The lowest BCUT2D eigenvalue weighted by Gasteiger charge is -2.13. The second-order valence-electron chi connectivity index (χ2n) is 3.81. The first-order chi connectivity index (χ1) is 7.90. The van der Waals surface area contributed by atoms with Crippen molar-refractivity contribution < 1.29 is 4.21 Å². The maximum Gasteiger partial charge on any atom is 0.230 e. The van der Waals surface area contributed by atoms with Crippen LogP contribution in [0, 0.1) is 0 Å². The van der Waals surface area contributed by atoms with Crippen LogP contribution in [-0.2, 0) is 10.8 Å². The third-order valence-electron chi connectivity index (χ3n) is 2.11. The minimum Gasteiger partial charge on any atom is -0.353 e. The molecule has 0 fully saturated rings. The number of aromatic nitrogens is 3. The fourth-order valence-electron chi connectivity index (χ4n) is 0.971. The molecule has 0 aromatic carbocycles. The van der Waals surface area contributed by atoms with E-state index in [4.69, 9.17) is 11.6 Å². The van der Waals surface area contributed by atoms with Gasteiger partial charge in [-0.2, -0.15) is 15.0 Å². The molecule has 0 spiro atoms. The maximum atomic E-state index is 11.2. The van der Waals surface area contributed by atoms with Crippen LogP contribution in [-0.4, -0.2) is 51.3 Å². The zero-order valence-corrected chi connectivity index (χ0v) is 11.8. The van der Waals surface area contributed by atoms with Crippen LogP contribution in [0.1, 0.15) is 6.92 Å². The lowest BCUT2D eigenvalue weighted by atomic mass is 10.5. The number of hydrogen-bond acceptors (Lipinski definition) is 6. The van der Waals surface area contributed by atoms with Gasteiger partial charge >= 0.3 is 0 Å². The van der Waals surface area contributed by atoms with E-state index in [1.165, 1.54) is 0 Å². The van der Waals surface area contributed by atoms with Gasteiger partial charge in [0, 0.05) is 42.9 Å². The predicted octanol–water partition coefficient (Wildman–Crippen LogP) is 0.770. The first-order valence-corrected chi connectivity index (χ1v) is 7.05. The molecule has 0 bridgehead atoms. The van der Waals surface area contributed by atoms with E-state index in [2.05, 4.69) is 20.3 Å². The van der Waals surface area contributed by atoms with E-state index < -0.39 is 10.8 Å². The van der Waals surface area contributed by atoms with Crippen molar-refractivity contribution in [2.45, 2.75) is 12.2 Å². The Kier molecular flexibility index (Phi) is 5.07. The molecule has 2 unspecified atom stereocenters. The fraction of sp³-hybridized carbons (Fsp3) is 0.667. The van der Waals surface area contributed by atoms with Gasteiger partial charge in [0.15, 0.2) is 0 Å². The largest absolute Gasteiger partial charge is 0.353 e. The third kappa shape index (κ3) is 4.43. The Hall–Kier alpha value is -0.950.